The zero-order chi connectivity index (χ0) is 9.11. The maximum atomic E-state index is 3.43. The molecule has 0 spiro atoms. The number of alkyl halides is 2. The molecule has 0 unspecified atom stereocenters. The van der Waals surface area contributed by atoms with E-state index in [0.29, 0.717) is 0 Å². The van der Waals surface area contributed by atoms with Crippen molar-refractivity contribution in [1.29, 1.82) is 0 Å². The first kappa shape index (κ1) is 14.4. The van der Waals surface area contributed by atoms with Gasteiger partial charge in [-0.15, -0.1) is 6.58 Å². The standard InChI is InChI=1S/C5H13BrSi.C3H5Br/c1-7(2)5-3-4-6;1-2-3-4/h7H,3-5H2,1-2H3;2H,1,3H2. The van der Waals surface area contributed by atoms with Crippen molar-refractivity contribution in [2.75, 3.05) is 10.7 Å². The van der Waals surface area contributed by atoms with Gasteiger partial charge in [-0.05, 0) is 6.42 Å². The first-order valence-corrected chi connectivity index (χ1v) is 9.28. The van der Waals surface area contributed by atoms with Crippen LogP contribution in [0.15, 0.2) is 12.7 Å². The molecule has 0 N–H and O–H groups in total. The summed E-state index contributed by atoms with van der Waals surface area (Å²) >= 11 is 6.53. The van der Waals surface area contributed by atoms with E-state index in [1.165, 1.54) is 17.8 Å². The minimum atomic E-state index is -0.218. The maximum Gasteiger partial charge on any atom is 0.0305 e. The van der Waals surface area contributed by atoms with Crippen molar-refractivity contribution in [2.24, 2.45) is 0 Å². The SMILES string of the molecule is C=CCBr.C[SiH](C)CCCBr. The average Bonchev–Trinajstić information content (AvgIpc) is 2.01. The van der Waals surface area contributed by atoms with Crippen LogP contribution in [0, 0.1) is 0 Å². The predicted molar refractivity (Wildman–Crippen MR) is 66.1 cm³/mol. The predicted octanol–water partition coefficient (Wildman–Crippen LogP) is 3.83. The topological polar surface area (TPSA) is 0 Å². The van der Waals surface area contributed by atoms with Crippen molar-refractivity contribution < 1.29 is 0 Å². The van der Waals surface area contributed by atoms with Crippen LogP contribution in [-0.4, -0.2) is 19.5 Å². The molecule has 0 fully saturated rings. The molecule has 11 heavy (non-hydrogen) atoms. The zero-order valence-electron chi connectivity index (χ0n) is 7.45. The molecule has 68 valence electrons. The van der Waals surface area contributed by atoms with Gasteiger partial charge in [0.25, 0.3) is 0 Å². The molecule has 0 rings (SSSR count). The van der Waals surface area contributed by atoms with Crippen LogP contribution in [0.5, 0.6) is 0 Å². The van der Waals surface area contributed by atoms with Crippen LogP contribution >= 0.6 is 31.9 Å². The number of allylic oxidation sites excluding steroid dienone is 1. The third-order valence-electron chi connectivity index (χ3n) is 1.02. The van der Waals surface area contributed by atoms with E-state index in [1.54, 1.807) is 6.08 Å². The first-order valence-electron chi connectivity index (χ1n) is 3.91. The summed E-state index contributed by atoms with van der Waals surface area (Å²) in [5.41, 5.74) is 0. The van der Waals surface area contributed by atoms with E-state index in [0.717, 1.165) is 5.33 Å². The number of hydrogen-bond acceptors (Lipinski definition) is 0. The summed E-state index contributed by atoms with van der Waals surface area (Å²) < 4.78 is 0. The highest BCUT2D eigenvalue weighted by molar-refractivity contribution is 9.09. The molecule has 0 amide bonds. The van der Waals surface area contributed by atoms with Crippen LogP contribution in [0.25, 0.3) is 0 Å². The molecule has 0 nitrogen and oxygen atoms in total. The number of hydrogen-bond donors (Lipinski definition) is 0. The summed E-state index contributed by atoms with van der Waals surface area (Å²) in [5.74, 6) is 0. The molecule has 0 saturated heterocycles. The highest BCUT2D eigenvalue weighted by Gasteiger charge is 1.91. The molecular weight excluding hydrogens is 284 g/mol. The van der Waals surface area contributed by atoms with E-state index >= 15 is 0 Å². The van der Waals surface area contributed by atoms with Gasteiger partial charge in [-0.3, -0.25) is 0 Å². The largest absolute Gasteiger partial charge is 0.102 e. The van der Waals surface area contributed by atoms with Crippen molar-refractivity contribution in [3.8, 4) is 0 Å². The van der Waals surface area contributed by atoms with Crippen molar-refractivity contribution in [3.63, 3.8) is 0 Å². The van der Waals surface area contributed by atoms with Crippen molar-refractivity contribution in [2.45, 2.75) is 25.6 Å². The molecule has 0 aromatic rings. The Kier molecular flexibility index (Phi) is 17.7. The fourth-order valence-electron chi connectivity index (χ4n) is 0.485. The molecule has 3 heteroatoms. The Balaban J connectivity index is 0. The second kappa shape index (κ2) is 13.5. The molecule has 0 aliphatic carbocycles. The van der Waals surface area contributed by atoms with E-state index in [2.05, 4.69) is 51.5 Å². The highest BCUT2D eigenvalue weighted by atomic mass is 79.9. The Morgan fingerprint density at radius 1 is 1.36 bits per heavy atom. The lowest BCUT2D eigenvalue weighted by Gasteiger charge is -1.96. The lowest BCUT2D eigenvalue weighted by molar-refractivity contribution is 1.09. The van der Waals surface area contributed by atoms with Crippen LogP contribution in [-0.2, 0) is 0 Å². The summed E-state index contributed by atoms with van der Waals surface area (Å²) in [6.45, 7) is 8.22. The monoisotopic (exact) mass is 300 g/mol. The second-order valence-electron chi connectivity index (χ2n) is 2.67. The number of rotatable bonds is 4. The van der Waals surface area contributed by atoms with Crippen molar-refractivity contribution in [3.05, 3.63) is 12.7 Å². The number of halogens is 2. The Morgan fingerprint density at radius 2 is 1.82 bits per heavy atom. The van der Waals surface area contributed by atoms with Gasteiger partial charge >= 0.3 is 0 Å². The van der Waals surface area contributed by atoms with Gasteiger partial charge in [0.2, 0.25) is 0 Å². The highest BCUT2D eigenvalue weighted by Crippen LogP contribution is 1.98. The second-order valence-corrected chi connectivity index (χ2v) is 7.47. The fourth-order valence-corrected chi connectivity index (χ4v) is 2.43. The zero-order valence-corrected chi connectivity index (χ0v) is 11.8. The third-order valence-corrected chi connectivity index (χ3v) is 3.61. The quantitative estimate of drug-likeness (QED) is 0.421. The van der Waals surface area contributed by atoms with Gasteiger partial charge in [0, 0.05) is 19.5 Å². The summed E-state index contributed by atoms with van der Waals surface area (Å²) in [5, 5.41) is 2.09. The Hall–Kier alpha value is 0.917. The van der Waals surface area contributed by atoms with E-state index in [4.69, 9.17) is 0 Å². The van der Waals surface area contributed by atoms with Crippen LogP contribution in [0.1, 0.15) is 6.42 Å². The van der Waals surface area contributed by atoms with E-state index in [1.807, 2.05) is 0 Å². The molecule has 0 atom stereocenters. The Morgan fingerprint density at radius 3 is 1.91 bits per heavy atom. The van der Waals surface area contributed by atoms with Crippen LogP contribution in [0.3, 0.4) is 0 Å². The summed E-state index contributed by atoms with van der Waals surface area (Å²) in [6.07, 6.45) is 3.17. The molecule has 0 saturated carbocycles. The maximum absolute atomic E-state index is 3.43. The van der Waals surface area contributed by atoms with Crippen molar-refractivity contribution >= 4 is 40.7 Å². The smallest absolute Gasteiger partial charge is 0.0305 e. The molecule has 0 bridgehead atoms. The fraction of sp³-hybridized carbons (Fsp3) is 0.750. The van der Waals surface area contributed by atoms with Gasteiger partial charge in [-0.25, -0.2) is 0 Å². The molecular formula is C8H18Br2Si. The Labute approximate surface area is 89.3 Å². The van der Waals surface area contributed by atoms with Crippen molar-refractivity contribution in [1.82, 2.24) is 0 Å². The van der Waals surface area contributed by atoms with Gasteiger partial charge in [0.05, 0.1) is 0 Å². The Bertz CT molecular complexity index is 74.5. The normalized spacial score (nSPS) is 8.82. The van der Waals surface area contributed by atoms with E-state index < -0.39 is 0 Å². The molecule has 0 aromatic carbocycles. The molecule has 0 radical (unpaired) electrons. The van der Waals surface area contributed by atoms with Crippen LogP contribution < -0.4 is 0 Å². The molecule has 0 aromatic heterocycles. The lowest BCUT2D eigenvalue weighted by atomic mass is 10.6. The van der Waals surface area contributed by atoms with Gasteiger partial charge in [0.1, 0.15) is 0 Å². The van der Waals surface area contributed by atoms with E-state index in [-0.39, 0.29) is 8.80 Å². The molecule has 0 aliphatic heterocycles. The van der Waals surface area contributed by atoms with Gasteiger partial charge < -0.3 is 0 Å². The summed E-state index contributed by atoms with van der Waals surface area (Å²) in [7, 11) is -0.218. The summed E-state index contributed by atoms with van der Waals surface area (Å²) in [6, 6.07) is 1.49. The third kappa shape index (κ3) is 24.8. The first-order chi connectivity index (χ1) is 5.18. The van der Waals surface area contributed by atoms with Crippen LogP contribution in [0.4, 0.5) is 0 Å². The molecule has 0 heterocycles. The molecule has 0 aliphatic rings. The van der Waals surface area contributed by atoms with Gasteiger partial charge in [-0.1, -0.05) is 57.1 Å². The average molecular weight is 302 g/mol. The van der Waals surface area contributed by atoms with Crippen LogP contribution in [0.2, 0.25) is 19.1 Å². The van der Waals surface area contributed by atoms with E-state index in [9.17, 15) is 0 Å². The summed E-state index contributed by atoms with van der Waals surface area (Å²) in [4.78, 5) is 0. The minimum absolute atomic E-state index is 0.218. The minimum Gasteiger partial charge on any atom is -0.102 e. The lowest BCUT2D eigenvalue weighted by Crippen LogP contribution is -1.97. The van der Waals surface area contributed by atoms with Gasteiger partial charge in [0.15, 0.2) is 0 Å². The van der Waals surface area contributed by atoms with Gasteiger partial charge in [-0.2, -0.15) is 0 Å².